The molecule has 0 unspecified atom stereocenters. The summed E-state index contributed by atoms with van der Waals surface area (Å²) in [4.78, 5) is 23.6. The maximum absolute atomic E-state index is 13.0. The molecule has 0 fully saturated rings. The second-order valence-corrected chi connectivity index (χ2v) is 5.76. The summed E-state index contributed by atoms with van der Waals surface area (Å²) < 4.78 is 38.9. The molecule has 0 aliphatic heterocycles. The summed E-state index contributed by atoms with van der Waals surface area (Å²) in [6.07, 6.45) is -4.73. The van der Waals surface area contributed by atoms with E-state index >= 15 is 0 Å². The van der Waals surface area contributed by atoms with Gasteiger partial charge in [-0.3, -0.25) is 9.59 Å². The normalized spacial score (nSPS) is 11.1. The van der Waals surface area contributed by atoms with E-state index in [9.17, 15) is 22.8 Å². The van der Waals surface area contributed by atoms with Gasteiger partial charge in [-0.05, 0) is 29.8 Å². The summed E-state index contributed by atoms with van der Waals surface area (Å²) in [5.74, 6) is -2.33. The largest absolute Gasteiger partial charge is 0.418 e. The molecule has 0 aliphatic rings. The first-order chi connectivity index (χ1) is 11.7. The number of nitrogens with one attached hydrogen (secondary N) is 2. The van der Waals surface area contributed by atoms with E-state index in [1.165, 1.54) is 6.07 Å². The lowest BCUT2D eigenvalue weighted by molar-refractivity contribution is -0.138. The summed E-state index contributed by atoms with van der Waals surface area (Å²) in [5, 5.41) is 4.46. The van der Waals surface area contributed by atoms with Crippen LogP contribution in [-0.4, -0.2) is 11.8 Å². The Bertz CT molecular complexity index is 810. The van der Waals surface area contributed by atoms with E-state index in [2.05, 4.69) is 5.32 Å². The van der Waals surface area contributed by atoms with Crippen LogP contribution in [0, 0.1) is 0 Å². The standard InChI is InChI=1S/C16H11Cl2F3N2O2/c17-10-5-6-13(11(7-10)16(19,20)21)23-15(25)14(24)22-8-9-3-1-2-4-12(9)18/h1-7H,8H2,(H,22,24)(H,23,25). The number of alkyl halides is 3. The van der Waals surface area contributed by atoms with Gasteiger partial charge in [-0.2, -0.15) is 13.2 Å². The van der Waals surface area contributed by atoms with Crippen molar-refractivity contribution in [1.82, 2.24) is 5.32 Å². The molecule has 2 N–H and O–H groups in total. The van der Waals surface area contributed by atoms with Gasteiger partial charge < -0.3 is 10.6 Å². The Kier molecular flexibility index (Phi) is 5.92. The first kappa shape index (κ1) is 19.1. The van der Waals surface area contributed by atoms with Crippen molar-refractivity contribution in [1.29, 1.82) is 0 Å². The lowest BCUT2D eigenvalue weighted by atomic mass is 10.1. The van der Waals surface area contributed by atoms with Crippen molar-refractivity contribution in [3.63, 3.8) is 0 Å². The molecule has 0 aliphatic carbocycles. The third-order valence-electron chi connectivity index (χ3n) is 3.14. The van der Waals surface area contributed by atoms with Gasteiger partial charge in [0.25, 0.3) is 0 Å². The lowest BCUT2D eigenvalue weighted by Gasteiger charge is -2.14. The van der Waals surface area contributed by atoms with E-state index in [1.54, 1.807) is 24.3 Å². The average Bonchev–Trinajstić information content (AvgIpc) is 2.54. The molecule has 2 aromatic carbocycles. The molecule has 0 aromatic heterocycles. The van der Waals surface area contributed by atoms with Crippen LogP contribution in [0.4, 0.5) is 18.9 Å². The molecule has 2 aromatic rings. The molecular formula is C16H11Cl2F3N2O2. The second-order valence-electron chi connectivity index (χ2n) is 4.92. The molecule has 9 heteroatoms. The first-order valence-electron chi connectivity index (χ1n) is 6.88. The molecule has 132 valence electrons. The third kappa shape index (κ3) is 5.11. The summed E-state index contributed by atoms with van der Waals surface area (Å²) in [7, 11) is 0. The summed E-state index contributed by atoms with van der Waals surface area (Å²) in [6, 6.07) is 9.45. The molecule has 0 atom stereocenters. The van der Waals surface area contributed by atoms with Gasteiger partial charge in [0.05, 0.1) is 11.3 Å². The van der Waals surface area contributed by atoms with Crippen LogP contribution in [0.1, 0.15) is 11.1 Å². The molecule has 0 saturated carbocycles. The molecule has 4 nitrogen and oxygen atoms in total. The van der Waals surface area contributed by atoms with Crippen molar-refractivity contribution in [3.8, 4) is 0 Å². The molecule has 2 rings (SSSR count). The number of carbonyl (C=O) groups excluding carboxylic acids is 2. The number of hydrogen-bond acceptors (Lipinski definition) is 2. The van der Waals surface area contributed by atoms with Crippen molar-refractivity contribution < 1.29 is 22.8 Å². The van der Waals surface area contributed by atoms with Crippen molar-refractivity contribution in [2.75, 3.05) is 5.32 Å². The summed E-state index contributed by atoms with van der Waals surface area (Å²) >= 11 is 11.5. The van der Waals surface area contributed by atoms with E-state index < -0.39 is 29.2 Å². The van der Waals surface area contributed by atoms with Crippen LogP contribution in [0.15, 0.2) is 42.5 Å². The zero-order chi connectivity index (χ0) is 18.6. The Morgan fingerprint density at radius 3 is 2.32 bits per heavy atom. The number of anilines is 1. The van der Waals surface area contributed by atoms with Crippen LogP contribution >= 0.6 is 23.2 Å². The molecule has 2 amide bonds. The molecule has 0 heterocycles. The Labute approximate surface area is 150 Å². The molecular weight excluding hydrogens is 380 g/mol. The van der Waals surface area contributed by atoms with Crippen molar-refractivity contribution in [3.05, 3.63) is 63.6 Å². The van der Waals surface area contributed by atoms with Crippen LogP contribution in [-0.2, 0) is 22.3 Å². The third-order valence-corrected chi connectivity index (χ3v) is 3.74. The number of amides is 2. The lowest BCUT2D eigenvalue weighted by Crippen LogP contribution is -2.35. The quantitative estimate of drug-likeness (QED) is 0.768. The second kappa shape index (κ2) is 7.76. The highest BCUT2D eigenvalue weighted by atomic mass is 35.5. The maximum Gasteiger partial charge on any atom is 0.418 e. The van der Waals surface area contributed by atoms with Gasteiger partial charge in [0.2, 0.25) is 0 Å². The van der Waals surface area contributed by atoms with Crippen molar-refractivity contribution in [2.24, 2.45) is 0 Å². The zero-order valence-corrected chi connectivity index (χ0v) is 14.0. The molecule has 0 bridgehead atoms. The minimum atomic E-state index is -4.73. The van der Waals surface area contributed by atoms with Gasteiger partial charge >= 0.3 is 18.0 Å². The fourth-order valence-corrected chi connectivity index (χ4v) is 2.31. The number of hydrogen-bond donors (Lipinski definition) is 2. The Hall–Kier alpha value is -2.25. The highest BCUT2D eigenvalue weighted by molar-refractivity contribution is 6.39. The van der Waals surface area contributed by atoms with E-state index in [1.807, 2.05) is 5.32 Å². The van der Waals surface area contributed by atoms with Gasteiger partial charge in [-0.1, -0.05) is 41.4 Å². The van der Waals surface area contributed by atoms with Crippen LogP contribution in [0.2, 0.25) is 10.0 Å². The molecule has 0 spiro atoms. The molecule has 0 radical (unpaired) electrons. The highest BCUT2D eigenvalue weighted by Crippen LogP contribution is 2.36. The fraction of sp³-hybridized carbons (Fsp3) is 0.125. The van der Waals surface area contributed by atoms with E-state index in [0.717, 1.165) is 6.07 Å². The van der Waals surface area contributed by atoms with E-state index in [-0.39, 0.29) is 11.6 Å². The summed E-state index contributed by atoms with van der Waals surface area (Å²) in [6.45, 7) is -0.0430. The molecule has 0 saturated heterocycles. The van der Waals surface area contributed by atoms with Crippen molar-refractivity contribution in [2.45, 2.75) is 12.7 Å². The zero-order valence-electron chi connectivity index (χ0n) is 12.5. The Balaban J connectivity index is 2.07. The average molecular weight is 391 g/mol. The number of benzene rings is 2. The predicted molar refractivity (Wildman–Crippen MR) is 88.4 cm³/mol. The summed E-state index contributed by atoms with van der Waals surface area (Å²) in [5.41, 5.74) is -1.14. The smallest absolute Gasteiger partial charge is 0.344 e. The monoisotopic (exact) mass is 390 g/mol. The predicted octanol–water partition coefficient (Wildman–Crippen LogP) is 4.27. The Morgan fingerprint density at radius 2 is 1.68 bits per heavy atom. The van der Waals surface area contributed by atoms with Gasteiger partial charge in [-0.25, -0.2) is 0 Å². The SMILES string of the molecule is O=C(NCc1ccccc1Cl)C(=O)Nc1ccc(Cl)cc1C(F)(F)F. The number of carbonyl (C=O) groups is 2. The van der Waals surface area contributed by atoms with Gasteiger partial charge in [0.15, 0.2) is 0 Å². The van der Waals surface area contributed by atoms with Crippen LogP contribution in [0.5, 0.6) is 0 Å². The van der Waals surface area contributed by atoms with Crippen molar-refractivity contribution >= 4 is 40.7 Å². The topological polar surface area (TPSA) is 58.2 Å². The fourth-order valence-electron chi connectivity index (χ4n) is 1.94. The minimum absolute atomic E-state index is 0.0430. The highest BCUT2D eigenvalue weighted by Gasteiger charge is 2.34. The van der Waals surface area contributed by atoms with Gasteiger partial charge in [0, 0.05) is 16.6 Å². The number of halogens is 5. The molecule has 25 heavy (non-hydrogen) atoms. The van der Waals surface area contributed by atoms with Crippen LogP contribution in [0.3, 0.4) is 0 Å². The Morgan fingerprint density at radius 1 is 1.00 bits per heavy atom. The number of rotatable bonds is 3. The van der Waals surface area contributed by atoms with Gasteiger partial charge in [0.1, 0.15) is 0 Å². The van der Waals surface area contributed by atoms with Gasteiger partial charge in [-0.15, -0.1) is 0 Å². The maximum atomic E-state index is 13.0. The van der Waals surface area contributed by atoms with Crippen LogP contribution in [0.25, 0.3) is 0 Å². The van der Waals surface area contributed by atoms with E-state index in [4.69, 9.17) is 23.2 Å². The minimum Gasteiger partial charge on any atom is -0.344 e. The van der Waals surface area contributed by atoms with E-state index in [0.29, 0.717) is 16.7 Å². The first-order valence-corrected chi connectivity index (χ1v) is 7.63. The van der Waals surface area contributed by atoms with Crippen LogP contribution < -0.4 is 10.6 Å².